The molecule has 2 aromatic rings. The standard InChI is InChI=1S/C19H25N3O5S2/c1-4-14(16-7-6-10-28-16)21-18(23)12-13-8-9-15(27-5-2)17(11-13)29(25,26)22-19(24)20-3/h6-11,14H,4-5,12H2,1-3H3,(H,21,23)(H2,20,22,24). The summed E-state index contributed by atoms with van der Waals surface area (Å²) < 4.78 is 32.4. The topological polar surface area (TPSA) is 114 Å². The molecule has 0 saturated carbocycles. The Morgan fingerprint density at radius 1 is 1.21 bits per heavy atom. The van der Waals surface area contributed by atoms with Crippen molar-refractivity contribution < 1.29 is 22.7 Å². The van der Waals surface area contributed by atoms with Gasteiger partial charge in [-0.1, -0.05) is 19.1 Å². The fourth-order valence-corrected chi connectivity index (χ4v) is 4.69. The Morgan fingerprint density at radius 3 is 2.55 bits per heavy atom. The molecule has 29 heavy (non-hydrogen) atoms. The molecule has 1 aromatic carbocycles. The molecule has 0 aliphatic carbocycles. The molecule has 2 rings (SSSR count). The molecule has 0 aliphatic rings. The minimum atomic E-state index is -4.16. The van der Waals surface area contributed by atoms with Crippen molar-refractivity contribution in [3.05, 3.63) is 46.2 Å². The van der Waals surface area contributed by atoms with Crippen molar-refractivity contribution in [3.63, 3.8) is 0 Å². The van der Waals surface area contributed by atoms with Gasteiger partial charge in [-0.05, 0) is 42.5 Å². The van der Waals surface area contributed by atoms with E-state index < -0.39 is 16.1 Å². The molecule has 0 bridgehead atoms. The van der Waals surface area contributed by atoms with Crippen LogP contribution in [-0.2, 0) is 21.2 Å². The SMILES string of the molecule is CCOc1ccc(CC(=O)NC(CC)c2cccs2)cc1S(=O)(=O)NC(=O)NC. The molecule has 0 spiro atoms. The first-order valence-corrected chi connectivity index (χ1v) is 11.5. The van der Waals surface area contributed by atoms with Gasteiger partial charge in [0.25, 0.3) is 10.0 Å². The van der Waals surface area contributed by atoms with Gasteiger partial charge >= 0.3 is 6.03 Å². The van der Waals surface area contributed by atoms with Crippen LogP contribution in [0, 0.1) is 0 Å². The highest BCUT2D eigenvalue weighted by atomic mass is 32.2. The van der Waals surface area contributed by atoms with E-state index >= 15 is 0 Å². The third-order valence-corrected chi connectivity index (χ3v) is 6.38. The van der Waals surface area contributed by atoms with E-state index in [4.69, 9.17) is 4.74 Å². The maximum Gasteiger partial charge on any atom is 0.328 e. The minimum Gasteiger partial charge on any atom is -0.492 e. The van der Waals surface area contributed by atoms with E-state index in [1.54, 1.807) is 24.3 Å². The molecule has 3 N–H and O–H groups in total. The average molecular weight is 440 g/mol. The fraction of sp³-hybridized carbons (Fsp3) is 0.368. The number of amides is 3. The second-order valence-corrected chi connectivity index (χ2v) is 8.75. The third kappa shape index (κ3) is 6.20. The van der Waals surface area contributed by atoms with Gasteiger partial charge in [0.2, 0.25) is 5.91 Å². The van der Waals surface area contributed by atoms with Crippen molar-refractivity contribution in [2.75, 3.05) is 13.7 Å². The summed E-state index contributed by atoms with van der Waals surface area (Å²) in [6.45, 7) is 3.96. The molecular formula is C19H25N3O5S2. The van der Waals surface area contributed by atoms with E-state index in [1.807, 2.05) is 29.2 Å². The number of carbonyl (C=O) groups is 2. The van der Waals surface area contributed by atoms with Crippen LogP contribution in [0.1, 0.15) is 36.8 Å². The van der Waals surface area contributed by atoms with Crippen molar-refractivity contribution in [2.45, 2.75) is 37.6 Å². The monoisotopic (exact) mass is 439 g/mol. The summed E-state index contributed by atoms with van der Waals surface area (Å²) in [7, 11) is -2.85. The summed E-state index contributed by atoms with van der Waals surface area (Å²) in [5.41, 5.74) is 0.490. The van der Waals surface area contributed by atoms with E-state index in [0.29, 0.717) is 5.56 Å². The van der Waals surface area contributed by atoms with Gasteiger partial charge in [-0.2, -0.15) is 0 Å². The van der Waals surface area contributed by atoms with Gasteiger partial charge in [0, 0.05) is 11.9 Å². The largest absolute Gasteiger partial charge is 0.492 e. The molecule has 0 fully saturated rings. The first-order valence-electron chi connectivity index (χ1n) is 9.13. The van der Waals surface area contributed by atoms with Crippen LogP contribution >= 0.6 is 11.3 Å². The number of sulfonamides is 1. The van der Waals surface area contributed by atoms with Crippen LogP contribution in [0.15, 0.2) is 40.6 Å². The van der Waals surface area contributed by atoms with Crippen molar-refractivity contribution in [2.24, 2.45) is 0 Å². The number of rotatable bonds is 9. The van der Waals surface area contributed by atoms with E-state index in [-0.39, 0.29) is 35.6 Å². The molecule has 0 aliphatic heterocycles. The van der Waals surface area contributed by atoms with Gasteiger partial charge in [-0.15, -0.1) is 11.3 Å². The number of benzene rings is 1. The summed E-state index contributed by atoms with van der Waals surface area (Å²) in [6, 6.07) is 7.40. The second-order valence-electron chi connectivity index (χ2n) is 6.12. The zero-order valence-corrected chi connectivity index (χ0v) is 18.2. The summed E-state index contributed by atoms with van der Waals surface area (Å²) in [6.07, 6.45) is 0.738. The molecule has 1 unspecified atom stereocenters. The smallest absolute Gasteiger partial charge is 0.328 e. The zero-order chi connectivity index (χ0) is 21.4. The zero-order valence-electron chi connectivity index (χ0n) is 16.5. The summed E-state index contributed by atoms with van der Waals surface area (Å²) in [5.74, 6) is -0.116. The van der Waals surface area contributed by atoms with Crippen LogP contribution in [0.25, 0.3) is 0 Å². The van der Waals surface area contributed by atoms with Gasteiger partial charge in [-0.3, -0.25) is 4.79 Å². The van der Waals surface area contributed by atoms with Crippen LogP contribution in [0.3, 0.4) is 0 Å². The number of urea groups is 1. The lowest BCUT2D eigenvalue weighted by Crippen LogP contribution is -2.37. The molecule has 1 heterocycles. The number of nitrogens with one attached hydrogen (secondary N) is 3. The van der Waals surface area contributed by atoms with E-state index in [1.165, 1.54) is 19.2 Å². The minimum absolute atomic E-state index is 0.00320. The number of thiophene rings is 1. The van der Waals surface area contributed by atoms with Crippen molar-refractivity contribution in [1.82, 2.24) is 15.4 Å². The third-order valence-electron chi connectivity index (χ3n) is 4.05. The van der Waals surface area contributed by atoms with Crippen LogP contribution in [0.4, 0.5) is 4.79 Å². The molecule has 0 radical (unpaired) electrons. The predicted octanol–water partition coefficient (Wildman–Crippen LogP) is 2.57. The Labute approximate surface area is 174 Å². The van der Waals surface area contributed by atoms with Crippen LogP contribution < -0.4 is 20.1 Å². The van der Waals surface area contributed by atoms with Gasteiger partial charge in [0.05, 0.1) is 19.1 Å². The van der Waals surface area contributed by atoms with Gasteiger partial charge in [-0.25, -0.2) is 17.9 Å². The van der Waals surface area contributed by atoms with Gasteiger partial charge in [0.15, 0.2) is 0 Å². The highest BCUT2D eigenvalue weighted by molar-refractivity contribution is 7.90. The van der Waals surface area contributed by atoms with Crippen LogP contribution in [0.2, 0.25) is 0 Å². The molecule has 1 atom stereocenters. The Bertz CT molecular complexity index is 943. The number of ether oxygens (including phenoxy) is 1. The lowest BCUT2D eigenvalue weighted by atomic mass is 10.1. The Morgan fingerprint density at radius 2 is 1.97 bits per heavy atom. The first kappa shape index (κ1) is 22.7. The molecular weight excluding hydrogens is 414 g/mol. The van der Waals surface area contributed by atoms with Gasteiger partial charge in [0.1, 0.15) is 10.6 Å². The molecule has 3 amide bonds. The number of hydrogen-bond acceptors (Lipinski definition) is 6. The quantitative estimate of drug-likeness (QED) is 0.556. The van der Waals surface area contributed by atoms with Crippen LogP contribution in [0.5, 0.6) is 5.75 Å². The van der Waals surface area contributed by atoms with Crippen LogP contribution in [-0.4, -0.2) is 34.0 Å². The first-order chi connectivity index (χ1) is 13.8. The molecule has 8 nitrogen and oxygen atoms in total. The normalized spacial score (nSPS) is 12.1. The Kier molecular flexibility index (Phi) is 8.03. The van der Waals surface area contributed by atoms with E-state index in [2.05, 4.69) is 10.6 Å². The van der Waals surface area contributed by atoms with Crippen molar-refractivity contribution >= 4 is 33.3 Å². The number of carbonyl (C=O) groups excluding carboxylic acids is 2. The maximum absolute atomic E-state index is 12.6. The van der Waals surface area contributed by atoms with E-state index in [0.717, 1.165) is 11.3 Å². The molecule has 0 saturated heterocycles. The van der Waals surface area contributed by atoms with Crippen molar-refractivity contribution in [3.8, 4) is 5.75 Å². The van der Waals surface area contributed by atoms with Gasteiger partial charge < -0.3 is 15.4 Å². The maximum atomic E-state index is 12.6. The van der Waals surface area contributed by atoms with E-state index in [9.17, 15) is 18.0 Å². The highest BCUT2D eigenvalue weighted by Crippen LogP contribution is 2.26. The molecule has 158 valence electrons. The Hall–Kier alpha value is -2.59. The fourth-order valence-electron chi connectivity index (χ4n) is 2.67. The average Bonchev–Trinajstić information content (AvgIpc) is 3.21. The van der Waals surface area contributed by atoms with Crippen molar-refractivity contribution in [1.29, 1.82) is 0 Å². The lowest BCUT2D eigenvalue weighted by molar-refractivity contribution is -0.121. The summed E-state index contributed by atoms with van der Waals surface area (Å²) in [4.78, 5) is 24.9. The molecule has 1 aromatic heterocycles. The Balaban J connectivity index is 2.23. The summed E-state index contributed by atoms with van der Waals surface area (Å²) >= 11 is 1.57. The second kappa shape index (κ2) is 10.3. The predicted molar refractivity (Wildman–Crippen MR) is 112 cm³/mol. The summed E-state index contributed by atoms with van der Waals surface area (Å²) in [5, 5.41) is 7.12. The highest BCUT2D eigenvalue weighted by Gasteiger charge is 2.23. The lowest BCUT2D eigenvalue weighted by Gasteiger charge is -2.16. The number of hydrogen-bond donors (Lipinski definition) is 3. The molecule has 10 heteroatoms.